The number of rotatable bonds is 4. The molecule has 0 aromatic heterocycles. The first-order valence-electron chi connectivity index (χ1n) is 7.35. The molecule has 1 aliphatic heterocycles. The molecule has 4 heteroatoms. The smallest absolute Gasteiger partial charge is 0.239 e. The summed E-state index contributed by atoms with van der Waals surface area (Å²) in [5, 5.41) is 13.5. The number of piperidine rings is 1. The van der Waals surface area contributed by atoms with E-state index in [9.17, 15) is 9.90 Å². The molecular formula is C14H26N2O2. The van der Waals surface area contributed by atoms with Gasteiger partial charge < -0.3 is 15.3 Å². The molecule has 0 radical (unpaired) electrons. The van der Waals surface area contributed by atoms with E-state index in [0.717, 1.165) is 51.6 Å². The molecule has 104 valence electrons. The van der Waals surface area contributed by atoms with Crippen LogP contribution in [0.15, 0.2) is 0 Å². The van der Waals surface area contributed by atoms with E-state index < -0.39 is 5.60 Å². The number of aliphatic hydroxyl groups is 1. The Bertz CT molecular complexity index is 282. The van der Waals surface area contributed by atoms with Crippen LogP contribution in [0.25, 0.3) is 0 Å². The normalized spacial score (nSPS) is 25.1. The van der Waals surface area contributed by atoms with Crippen LogP contribution in [0, 0.1) is 0 Å². The molecule has 1 heterocycles. The Morgan fingerprint density at radius 3 is 2.44 bits per heavy atom. The second kappa shape index (κ2) is 6.02. The maximum atomic E-state index is 12.2. The summed E-state index contributed by atoms with van der Waals surface area (Å²) in [6.45, 7) is 4.26. The summed E-state index contributed by atoms with van der Waals surface area (Å²) >= 11 is 0. The summed E-state index contributed by atoms with van der Waals surface area (Å²) < 4.78 is 0. The Hall–Kier alpha value is -0.610. The molecule has 2 rings (SSSR count). The lowest BCUT2D eigenvalue weighted by atomic mass is 10.0. The molecule has 4 nitrogen and oxygen atoms in total. The van der Waals surface area contributed by atoms with Gasteiger partial charge in [0.1, 0.15) is 0 Å². The van der Waals surface area contributed by atoms with Crippen LogP contribution in [0.3, 0.4) is 0 Å². The van der Waals surface area contributed by atoms with Crippen LogP contribution in [-0.2, 0) is 4.79 Å². The fraction of sp³-hybridized carbons (Fsp3) is 0.929. The Morgan fingerprint density at radius 1 is 1.22 bits per heavy atom. The average molecular weight is 254 g/mol. The molecule has 1 saturated carbocycles. The predicted octanol–water partition coefficient (Wildman–Crippen LogP) is 1.28. The van der Waals surface area contributed by atoms with Crippen LogP contribution < -0.4 is 5.32 Å². The van der Waals surface area contributed by atoms with Gasteiger partial charge in [-0.05, 0) is 39.0 Å². The molecule has 0 aromatic rings. The molecular weight excluding hydrogens is 228 g/mol. The lowest BCUT2D eigenvalue weighted by molar-refractivity contribution is -0.134. The van der Waals surface area contributed by atoms with Crippen molar-refractivity contribution in [3.63, 3.8) is 0 Å². The lowest BCUT2D eigenvalue weighted by Gasteiger charge is -2.31. The maximum Gasteiger partial charge on any atom is 0.239 e. The third-order valence-corrected chi connectivity index (χ3v) is 4.31. The Labute approximate surface area is 110 Å². The first kappa shape index (κ1) is 13.8. The number of likely N-dealkylation sites (tertiary alicyclic amines) is 1. The van der Waals surface area contributed by atoms with Crippen LogP contribution in [0.2, 0.25) is 0 Å². The molecule has 0 bridgehead atoms. The van der Waals surface area contributed by atoms with Gasteiger partial charge in [-0.3, -0.25) is 4.79 Å². The van der Waals surface area contributed by atoms with E-state index >= 15 is 0 Å². The SMILES string of the molecule is CC(NCC1(O)CCCC1)C(=O)N1CCCCC1. The van der Waals surface area contributed by atoms with E-state index in [4.69, 9.17) is 0 Å². The zero-order valence-corrected chi connectivity index (χ0v) is 11.5. The van der Waals surface area contributed by atoms with E-state index in [2.05, 4.69) is 5.32 Å². The van der Waals surface area contributed by atoms with Crippen molar-refractivity contribution < 1.29 is 9.90 Å². The standard InChI is InChI=1S/C14H26N2O2/c1-12(13(17)16-9-5-2-6-10-16)15-11-14(18)7-3-4-8-14/h12,15,18H,2-11H2,1H3. The monoisotopic (exact) mass is 254 g/mol. The summed E-state index contributed by atoms with van der Waals surface area (Å²) in [6.07, 6.45) is 7.44. The highest BCUT2D eigenvalue weighted by atomic mass is 16.3. The average Bonchev–Trinajstić information content (AvgIpc) is 2.83. The number of nitrogens with zero attached hydrogens (tertiary/aromatic N) is 1. The van der Waals surface area contributed by atoms with Gasteiger partial charge in [0.15, 0.2) is 0 Å². The summed E-state index contributed by atoms with van der Waals surface area (Å²) in [5.41, 5.74) is -0.573. The van der Waals surface area contributed by atoms with Gasteiger partial charge in [0.05, 0.1) is 11.6 Å². The van der Waals surface area contributed by atoms with Gasteiger partial charge in [-0.25, -0.2) is 0 Å². The number of nitrogens with one attached hydrogen (secondary N) is 1. The zero-order chi connectivity index (χ0) is 13.0. The quantitative estimate of drug-likeness (QED) is 0.794. The molecule has 1 saturated heterocycles. The van der Waals surface area contributed by atoms with Gasteiger partial charge in [0.2, 0.25) is 5.91 Å². The molecule has 2 fully saturated rings. The molecule has 18 heavy (non-hydrogen) atoms. The molecule has 1 aliphatic carbocycles. The highest BCUT2D eigenvalue weighted by Crippen LogP contribution is 2.28. The summed E-state index contributed by atoms with van der Waals surface area (Å²) in [5.74, 6) is 0.191. The van der Waals surface area contributed by atoms with E-state index in [1.807, 2.05) is 11.8 Å². The fourth-order valence-electron chi connectivity index (χ4n) is 3.03. The molecule has 2 aliphatic rings. The maximum absolute atomic E-state index is 12.2. The third-order valence-electron chi connectivity index (χ3n) is 4.31. The molecule has 1 atom stereocenters. The highest BCUT2D eigenvalue weighted by molar-refractivity contribution is 5.81. The van der Waals surface area contributed by atoms with Crippen molar-refractivity contribution in [3.8, 4) is 0 Å². The minimum atomic E-state index is -0.573. The van der Waals surface area contributed by atoms with Crippen molar-refractivity contribution in [2.24, 2.45) is 0 Å². The van der Waals surface area contributed by atoms with Gasteiger partial charge in [-0.1, -0.05) is 12.8 Å². The van der Waals surface area contributed by atoms with Gasteiger partial charge in [-0.2, -0.15) is 0 Å². The van der Waals surface area contributed by atoms with Crippen LogP contribution in [-0.4, -0.2) is 47.2 Å². The number of amides is 1. The molecule has 0 aromatic carbocycles. The van der Waals surface area contributed by atoms with Crippen molar-refractivity contribution in [1.82, 2.24) is 10.2 Å². The predicted molar refractivity (Wildman–Crippen MR) is 71.3 cm³/mol. The molecule has 1 amide bonds. The first-order chi connectivity index (χ1) is 8.61. The fourth-order valence-corrected chi connectivity index (χ4v) is 3.03. The summed E-state index contributed by atoms with van der Waals surface area (Å²) in [7, 11) is 0. The van der Waals surface area contributed by atoms with E-state index in [-0.39, 0.29) is 11.9 Å². The van der Waals surface area contributed by atoms with E-state index in [1.54, 1.807) is 0 Å². The number of carbonyl (C=O) groups excluding carboxylic acids is 1. The van der Waals surface area contributed by atoms with Crippen molar-refractivity contribution in [3.05, 3.63) is 0 Å². The third kappa shape index (κ3) is 3.45. The zero-order valence-electron chi connectivity index (χ0n) is 11.5. The number of carbonyl (C=O) groups is 1. The van der Waals surface area contributed by atoms with Crippen LogP contribution in [0.4, 0.5) is 0 Å². The van der Waals surface area contributed by atoms with Crippen molar-refractivity contribution >= 4 is 5.91 Å². The largest absolute Gasteiger partial charge is 0.389 e. The first-order valence-corrected chi connectivity index (χ1v) is 7.35. The highest BCUT2D eigenvalue weighted by Gasteiger charge is 2.32. The van der Waals surface area contributed by atoms with Gasteiger partial charge in [0.25, 0.3) is 0 Å². The second-order valence-electron chi connectivity index (χ2n) is 5.92. The van der Waals surface area contributed by atoms with Crippen LogP contribution >= 0.6 is 0 Å². The van der Waals surface area contributed by atoms with E-state index in [1.165, 1.54) is 6.42 Å². The Balaban J connectivity index is 1.76. The van der Waals surface area contributed by atoms with Gasteiger partial charge in [-0.15, -0.1) is 0 Å². The minimum Gasteiger partial charge on any atom is -0.389 e. The Kier molecular flexibility index (Phi) is 4.62. The van der Waals surface area contributed by atoms with Crippen molar-refractivity contribution in [2.75, 3.05) is 19.6 Å². The van der Waals surface area contributed by atoms with Gasteiger partial charge in [0, 0.05) is 19.6 Å². The second-order valence-corrected chi connectivity index (χ2v) is 5.92. The topological polar surface area (TPSA) is 52.6 Å². The van der Waals surface area contributed by atoms with Crippen molar-refractivity contribution in [1.29, 1.82) is 0 Å². The minimum absolute atomic E-state index is 0.173. The number of hydrogen-bond donors (Lipinski definition) is 2. The Morgan fingerprint density at radius 2 is 1.83 bits per heavy atom. The lowest BCUT2D eigenvalue weighted by Crippen LogP contribution is -2.50. The summed E-state index contributed by atoms with van der Waals surface area (Å²) in [4.78, 5) is 14.1. The summed E-state index contributed by atoms with van der Waals surface area (Å²) in [6, 6.07) is -0.173. The molecule has 2 N–H and O–H groups in total. The van der Waals surface area contributed by atoms with Crippen molar-refractivity contribution in [2.45, 2.75) is 63.5 Å². The number of hydrogen-bond acceptors (Lipinski definition) is 3. The molecule has 1 unspecified atom stereocenters. The molecule has 0 spiro atoms. The van der Waals surface area contributed by atoms with Crippen LogP contribution in [0.1, 0.15) is 51.9 Å². The van der Waals surface area contributed by atoms with Crippen LogP contribution in [0.5, 0.6) is 0 Å². The van der Waals surface area contributed by atoms with Gasteiger partial charge >= 0.3 is 0 Å². The van der Waals surface area contributed by atoms with E-state index in [0.29, 0.717) is 6.54 Å².